The smallest absolute Gasteiger partial charge is 0.0493 e. The molecule has 0 amide bonds. The molecule has 0 fully saturated rings. The molecular formula is C25H24Cl2N2. The van der Waals surface area contributed by atoms with Crippen molar-refractivity contribution in [1.82, 2.24) is 9.88 Å². The molecule has 4 rings (SSSR count). The van der Waals surface area contributed by atoms with Gasteiger partial charge in [-0.05, 0) is 48.7 Å². The molecule has 29 heavy (non-hydrogen) atoms. The average Bonchev–Trinajstić information content (AvgIpc) is 3.00. The molecule has 148 valence electrons. The van der Waals surface area contributed by atoms with Gasteiger partial charge < -0.3 is 9.88 Å². The van der Waals surface area contributed by atoms with Crippen molar-refractivity contribution < 1.29 is 0 Å². The van der Waals surface area contributed by atoms with Gasteiger partial charge in [-0.1, -0.05) is 77.8 Å². The summed E-state index contributed by atoms with van der Waals surface area (Å²) in [5, 5.41) is 6.33. The molecule has 0 aliphatic rings. The first kappa shape index (κ1) is 20.0. The van der Waals surface area contributed by atoms with Crippen molar-refractivity contribution in [1.29, 1.82) is 0 Å². The van der Waals surface area contributed by atoms with Gasteiger partial charge in [0, 0.05) is 45.8 Å². The van der Waals surface area contributed by atoms with Gasteiger partial charge in [-0.15, -0.1) is 0 Å². The second kappa shape index (κ2) is 8.62. The molecular weight excluding hydrogens is 399 g/mol. The van der Waals surface area contributed by atoms with E-state index in [0.29, 0.717) is 10.0 Å². The molecule has 2 nitrogen and oxygen atoms in total. The highest BCUT2D eigenvalue weighted by Crippen LogP contribution is 2.29. The summed E-state index contributed by atoms with van der Waals surface area (Å²) in [6.45, 7) is 5.92. The Hall–Kier alpha value is -2.26. The Bertz CT molecular complexity index is 1130. The van der Waals surface area contributed by atoms with Crippen LogP contribution in [-0.2, 0) is 13.1 Å². The maximum absolute atomic E-state index is 6.45. The molecule has 0 radical (unpaired) electrons. The summed E-state index contributed by atoms with van der Waals surface area (Å²) in [5.74, 6) is 0. The summed E-state index contributed by atoms with van der Waals surface area (Å²) in [6.07, 6.45) is 0. The lowest BCUT2D eigenvalue weighted by molar-refractivity contribution is 0.573. The normalized spacial score (nSPS) is 12.4. The van der Waals surface area contributed by atoms with E-state index in [2.05, 4.69) is 78.3 Å². The Morgan fingerprint density at radius 3 is 2.41 bits per heavy atom. The SMILES string of the molecule is Cc1c(CN[C@H](C)c2ccccc2)c2ccccc2n1Cc1ccc(Cl)cc1Cl. The molecule has 4 heteroatoms. The van der Waals surface area contributed by atoms with Crippen molar-refractivity contribution in [3.05, 3.63) is 105 Å². The number of halogens is 2. The minimum absolute atomic E-state index is 0.281. The van der Waals surface area contributed by atoms with Crippen LogP contribution in [0.15, 0.2) is 72.8 Å². The molecule has 1 atom stereocenters. The molecule has 0 unspecified atom stereocenters. The molecule has 0 bridgehead atoms. The minimum atomic E-state index is 0.281. The topological polar surface area (TPSA) is 17.0 Å². The Labute approximate surface area is 182 Å². The zero-order valence-corrected chi connectivity index (χ0v) is 18.1. The van der Waals surface area contributed by atoms with E-state index < -0.39 is 0 Å². The van der Waals surface area contributed by atoms with Crippen molar-refractivity contribution in [2.75, 3.05) is 0 Å². The molecule has 0 saturated heterocycles. The summed E-state index contributed by atoms with van der Waals surface area (Å²) in [4.78, 5) is 0. The van der Waals surface area contributed by atoms with E-state index >= 15 is 0 Å². The molecule has 4 aromatic rings. The fourth-order valence-electron chi connectivity index (χ4n) is 3.86. The summed E-state index contributed by atoms with van der Waals surface area (Å²) in [6, 6.07) is 25.1. The molecule has 0 aliphatic heterocycles. The first-order valence-electron chi connectivity index (χ1n) is 9.83. The van der Waals surface area contributed by atoms with E-state index in [9.17, 15) is 0 Å². The number of nitrogens with zero attached hydrogens (tertiary/aromatic N) is 1. The number of nitrogens with one attached hydrogen (secondary N) is 1. The highest BCUT2D eigenvalue weighted by atomic mass is 35.5. The van der Waals surface area contributed by atoms with Gasteiger partial charge in [-0.25, -0.2) is 0 Å². The maximum atomic E-state index is 6.45. The van der Waals surface area contributed by atoms with Crippen LogP contribution < -0.4 is 5.32 Å². The Morgan fingerprint density at radius 1 is 0.931 bits per heavy atom. The van der Waals surface area contributed by atoms with Gasteiger partial charge in [0.2, 0.25) is 0 Å². The first-order chi connectivity index (χ1) is 14.0. The van der Waals surface area contributed by atoms with Gasteiger partial charge in [-0.2, -0.15) is 0 Å². The Balaban J connectivity index is 1.66. The Morgan fingerprint density at radius 2 is 1.66 bits per heavy atom. The maximum Gasteiger partial charge on any atom is 0.0493 e. The summed E-state index contributed by atoms with van der Waals surface area (Å²) in [5.41, 5.74) is 6.16. The molecule has 1 heterocycles. The predicted octanol–water partition coefficient (Wildman–Crippen LogP) is 7.16. The van der Waals surface area contributed by atoms with Crippen molar-refractivity contribution in [2.45, 2.75) is 33.0 Å². The number of fused-ring (bicyclic) bond motifs is 1. The number of hydrogen-bond acceptors (Lipinski definition) is 1. The predicted molar refractivity (Wildman–Crippen MR) is 124 cm³/mol. The van der Waals surface area contributed by atoms with Gasteiger partial charge in [0.05, 0.1) is 0 Å². The average molecular weight is 423 g/mol. The van der Waals surface area contributed by atoms with Gasteiger partial charge >= 0.3 is 0 Å². The number of benzene rings is 3. The Kier molecular flexibility index (Phi) is 5.96. The lowest BCUT2D eigenvalue weighted by Gasteiger charge is -2.15. The third-order valence-electron chi connectivity index (χ3n) is 5.59. The van der Waals surface area contributed by atoms with E-state index in [4.69, 9.17) is 23.2 Å². The lowest BCUT2D eigenvalue weighted by Crippen LogP contribution is -2.18. The third kappa shape index (κ3) is 4.20. The standard InChI is InChI=1S/C25H24Cl2N2/c1-17(19-8-4-3-5-9-19)28-15-23-18(2)29(25-11-7-6-10-22(23)25)16-20-12-13-21(26)14-24(20)27/h3-14,17,28H,15-16H2,1-2H3/t17-/m1/s1. The number of hydrogen-bond donors (Lipinski definition) is 1. The molecule has 0 saturated carbocycles. The molecule has 0 aliphatic carbocycles. The van der Waals surface area contributed by atoms with Crippen molar-refractivity contribution in [3.8, 4) is 0 Å². The molecule has 1 aromatic heterocycles. The molecule has 3 aromatic carbocycles. The van der Waals surface area contributed by atoms with Gasteiger partial charge in [0.1, 0.15) is 0 Å². The van der Waals surface area contributed by atoms with Crippen LogP contribution in [-0.4, -0.2) is 4.57 Å². The summed E-state index contributed by atoms with van der Waals surface area (Å²) >= 11 is 12.5. The second-order valence-electron chi connectivity index (χ2n) is 7.42. The number of rotatable bonds is 6. The van der Waals surface area contributed by atoms with Crippen LogP contribution in [0, 0.1) is 6.92 Å². The second-order valence-corrected chi connectivity index (χ2v) is 8.26. The fourth-order valence-corrected chi connectivity index (χ4v) is 4.33. The van der Waals surface area contributed by atoms with E-state index in [-0.39, 0.29) is 6.04 Å². The zero-order chi connectivity index (χ0) is 20.4. The summed E-state index contributed by atoms with van der Waals surface area (Å²) < 4.78 is 2.34. The van der Waals surface area contributed by atoms with Crippen LogP contribution in [0.4, 0.5) is 0 Å². The van der Waals surface area contributed by atoms with E-state index in [1.54, 1.807) is 0 Å². The number of para-hydroxylation sites is 1. The highest BCUT2D eigenvalue weighted by Gasteiger charge is 2.16. The van der Waals surface area contributed by atoms with Gasteiger partial charge in [0.15, 0.2) is 0 Å². The minimum Gasteiger partial charge on any atom is -0.340 e. The van der Waals surface area contributed by atoms with Crippen molar-refractivity contribution >= 4 is 34.1 Å². The zero-order valence-electron chi connectivity index (χ0n) is 16.6. The monoisotopic (exact) mass is 422 g/mol. The largest absolute Gasteiger partial charge is 0.340 e. The van der Waals surface area contributed by atoms with Gasteiger partial charge in [-0.3, -0.25) is 0 Å². The number of aromatic nitrogens is 1. The fraction of sp³-hybridized carbons (Fsp3) is 0.200. The quantitative estimate of drug-likeness (QED) is 0.348. The van der Waals surface area contributed by atoms with Crippen LogP contribution in [0.5, 0.6) is 0 Å². The molecule has 0 spiro atoms. The van der Waals surface area contributed by atoms with Crippen LogP contribution >= 0.6 is 23.2 Å². The van der Waals surface area contributed by atoms with Crippen molar-refractivity contribution in [2.24, 2.45) is 0 Å². The van der Waals surface area contributed by atoms with Crippen LogP contribution in [0.1, 0.15) is 35.3 Å². The van der Waals surface area contributed by atoms with Crippen molar-refractivity contribution in [3.63, 3.8) is 0 Å². The third-order valence-corrected chi connectivity index (χ3v) is 6.18. The lowest BCUT2D eigenvalue weighted by atomic mass is 10.1. The first-order valence-corrected chi connectivity index (χ1v) is 10.6. The van der Waals surface area contributed by atoms with E-state index in [0.717, 1.165) is 18.7 Å². The van der Waals surface area contributed by atoms with Crippen LogP contribution in [0.25, 0.3) is 10.9 Å². The highest BCUT2D eigenvalue weighted by molar-refractivity contribution is 6.35. The summed E-state index contributed by atoms with van der Waals surface area (Å²) in [7, 11) is 0. The van der Waals surface area contributed by atoms with Crippen LogP contribution in [0.3, 0.4) is 0 Å². The van der Waals surface area contributed by atoms with Gasteiger partial charge in [0.25, 0.3) is 0 Å². The van der Waals surface area contributed by atoms with E-state index in [1.807, 2.05) is 18.2 Å². The molecule has 1 N–H and O–H groups in total. The van der Waals surface area contributed by atoms with E-state index in [1.165, 1.54) is 27.7 Å². The van der Waals surface area contributed by atoms with Crippen LogP contribution in [0.2, 0.25) is 10.0 Å².